The largest absolute Gasteiger partial charge is 0.451 e. The van der Waals surface area contributed by atoms with E-state index in [4.69, 9.17) is 4.74 Å². The third-order valence-corrected chi connectivity index (χ3v) is 4.52. The number of carbonyl (C=O) groups excluding carboxylic acids is 2. The van der Waals surface area contributed by atoms with Gasteiger partial charge in [0, 0.05) is 32.9 Å². The molecule has 0 spiro atoms. The topological polar surface area (TPSA) is 73.6 Å². The molecule has 1 fully saturated rings. The number of nitrogens with zero attached hydrogens (tertiary/aromatic N) is 3. The fourth-order valence-corrected chi connectivity index (χ4v) is 2.73. The maximum Gasteiger partial charge on any atom is 0.349 e. The molecule has 0 aromatic heterocycles. The molecule has 1 aliphatic rings. The highest BCUT2D eigenvalue weighted by Crippen LogP contribution is 2.17. The molecule has 1 heterocycles. The molecule has 0 aliphatic carbocycles. The number of esters is 1. The van der Waals surface area contributed by atoms with Crippen molar-refractivity contribution in [3.8, 4) is 6.07 Å². The zero-order valence-corrected chi connectivity index (χ0v) is 15.6. The van der Waals surface area contributed by atoms with Gasteiger partial charge in [-0.2, -0.15) is 5.26 Å². The van der Waals surface area contributed by atoms with Crippen LogP contribution >= 0.6 is 0 Å². The number of rotatable bonds is 5. The summed E-state index contributed by atoms with van der Waals surface area (Å²) in [5, 5.41) is 9.22. The first-order chi connectivity index (χ1) is 12.4. The second kappa shape index (κ2) is 9.04. The van der Waals surface area contributed by atoms with Crippen LogP contribution in [0.3, 0.4) is 0 Å². The SMILES string of the molecule is CC1CCN(C(=O)COC(=O)/C(C#N)=C/c2ccc(N(C)C)cc2)CC1. The van der Waals surface area contributed by atoms with Crippen LogP contribution in [0, 0.1) is 17.2 Å². The van der Waals surface area contributed by atoms with E-state index in [1.54, 1.807) is 4.90 Å². The molecule has 0 N–H and O–H groups in total. The second-order valence-electron chi connectivity index (χ2n) is 6.80. The number of hydrogen-bond donors (Lipinski definition) is 0. The summed E-state index contributed by atoms with van der Waals surface area (Å²) < 4.78 is 5.04. The number of hydrogen-bond acceptors (Lipinski definition) is 5. The van der Waals surface area contributed by atoms with E-state index in [2.05, 4.69) is 6.92 Å². The number of carbonyl (C=O) groups is 2. The molecule has 1 saturated heterocycles. The fourth-order valence-electron chi connectivity index (χ4n) is 2.73. The maximum absolute atomic E-state index is 12.1. The summed E-state index contributed by atoms with van der Waals surface area (Å²) in [5.41, 5.74) is 1.62. The van der Waals surface area contributed by atoms with E-state index in [0.29, 0.717) is 19.0 Å². The average molecular weight is 355 g/mol. The zero-order chi connectivity index (χ0) is 19.1. The molecule has 0 atom stereocenters. The van der Waals surface area contributed by atoms with Crippen molar-refractivity contribution in [2.45, 2.75) is 19.8 Å². The standard InChI is InChI=1S/C20H25N3O3/c1-15-8-10-23(11-9-15)19(24)14-26-20(25)17(13-21)12-16-4-6-18(7-5-16)22(2)3/h4-7,12,15H,8-11,14H2,1-3H3/b17-12+. The van der Waals surface area contributed by atoms with Gasteiger partial charge in [0.15, 0.2) is 6.61 Å². The summed E-state index contributed by atoms with van der Waals surface area (Å²) >= 11 is 0. The molecule has 1 aromatic rings. The van der Waals surface area contributed by atoms with Gasteiger partial charge in [-0.05, 0) is 42.5 Å². The third-order valence-electron chi connectivity index (χ3n) is 4.52. The van der Waals surface area contributed by atoms with Crippen molar-refractivity contribution in [3.63, 3.8) is 0 Å². The molecule has 2 rings (SSSR count). The van der Waals surface area contributed by atoms with Gasteiger partial charge >= 0.3 is 5.97 Å². The molecule has 1 aliphatic heterocycles. The summed E-state index contributed by atoms with van der Waals surface area (Å²) in [6.45, 7) is 3.22. The molecule has 6 nitrogen and oxygen atoms in total. The first kappa shape index (κ1) is 19.5. The minimum absolute atomic E-state index is 0.123. The van der Waals surface area contributed by atoms with Crippen molar-refractivity contribution < 1.29 is 14.3 Å². The van der Waals surface area contributed by atoms with E-state index in [-0.39, 0.29) is 18.1 Å². The number of amides is 1. The zero-order valence-electron chi connectivity index (χ0n) is 15.6. The summed E-state index contributed by atoms with van der Waals surface area (Å²) in [4.78, 5) is 27.9. The normalized spacial score (nSPS) is 15.3. The number of nitriles is 1. The highest BCUT2D eigenvalue weighted by atomic mass is 16.5. The first-order valence-electron chi connectivity index (χ1n) is 8.74. The van der Waals surface area contributed by atoms with Crippen LogP contribution in [0.5, 0.6) is 0 Å². The van der Waals surface area contributed by atoms with Gasteiger partial charge in [0.1, 0.15) is 11.6 Å². The monoisotopic (exact) mass is 355 g/mol. The molecule has 1 amide bonds. The van der Waals surface area contributed by atoms with Crippen LogP contribution in [0.1, 0.15) is 25.3 Å². The van der Waals surface area contributed by atoms with Gasteiger partial charge in [-0.25, -0.2) is 4.79 Å². The van der Waals surface area contributed by atoms with Crippen molar-refractivity contribution in [1.29, 1.82) is 5.26 Å². The Bertz CT molecular complexity index is 709. The molecule has 0 radical (unpaired) electrons. The molecule has 26 heavy (non-hydrogen) atoms. The van der Waals surface area contributed by atoms with Crippen molar-refractivity contribution in [3.05, 3.63) is 35.4 Å². The molecule has 6 heteroatoms. The lowest BCUT2D eigenvalue weighted by molar-refractivity contribution is -0.149. The van der Waals surface area contributed by atoms with Crippen molar-refractivity contribution in [2.24, 2.45) is 5.92 Å². The van der Waals surface area contributed by atoms with Crippen LogP contribution in [0.25, 0.3) is 6.08 Å². The van der Waals surface area contributed by atoms with Crippen LogP contribution < -0.4 is 4.90 Å². The first-order valence-corrected chi connectivity index (χ1v) is 8.74. The quantitative estimate of drug-likeness (QED) is 0.461. The molecule has 138 valence electrons. The third kappa shape index (κ3) is 5.35. The molecule has 0 unspecified atom stereocenters. The Hall–Kier alpha value is -2.81. The Morgan fingerprint density at radius 2 is 1.88 bits per heavy atom. The number of benzene rings is 1. The summed E-state index contributed by atoms with van der Waals surface area (Å²) in [5.74, 6) is -0.366. The molecule has 0 saturated carbocycles. The van der Waals surface area contributed by atoms with Crippen LogP contribution in [-0.2, 0) is 14.3 Å². The molecule has 0 bridgehead atoms. The Morgan fingerprint density at radius 1 is 1.27 bits per heavy atom. The van der Waals surface area contributed by atoms with Crippen molar-refractivity contribution >= 4 is 23.6 Å². The minimum Gasteiger partial charge on any atom is -0.451 e. The molecular weight excluding hydrogens is 330 g/mol. The van der Waals surface area contributed by atoms with Gasteiger partial charge in [-0.3, -0.25) is 4.79 Å². The van der Waals surface area contributed by atoms with Crippen LogP contribution in [-0.4, -0.2) is 50.6 Å². The Morgan fingerprint density at radius 3 is 2.42 bits per heavy atom. The van der Waals surface area contributed by atoms with E-state index in [1.165, 1.54) is 6.08 Å². The minimum atomic E-state index is -0.775. The molecule has 1 aromatic carbocycles. The van der Waals surface area contributed by atoms with E-state index in [9.17, 15) is 14.9 Å². The summed E-state index contributed by atoms with van der Waals surface area (Å²) in [6, 6.07) is 9.28. The van der Waals surface area contributed by atoms with Crippen LogP contribution in [0.4, 0.5) is 5.69 Å². The Labute approximate surface area is 154 Å². The maximum atomic E-state index is 12.1. The van der Waals surface area contributed by atoms with E-state index in [0.717, 1.165) is 24.1 Å². The van der Waals surface area contributed by atoms with Gasteiger partial charge in [-0.15, -0.1) is 0 Å². The van der Waals surface area contributed by atoms with Crippen molar-refractivity contribution in [2.75, 3.05) is 38.7 Å². The number of ether oxygens (including phenoxy) is 1. The van der Waals surface area contributed by atoms with Crippen LogP contribution in [0.15, 0.2) is 29.8 Å². The second-order valence-corrected chi connectivity index (χ2v) is 6.80. The average Bonchev–Trinajstić information content (AvgIpc) is 2.64. The number of piperidine rings is 1. The van der Waals surface area contributed by atoms with Crippen LogP contribution in [0.2, 0.25) is 0 Å². The van der Waals surface area contributed by atoms with E-state index < -0.39 is 5.97 Å². The van der Waals surface area contributed by atoms with Gasteiger partial charge in [0.2, 0.25) is 0 Å². The van der Waals surface area contributed by atoms with Gasteiger partial charge in [0.05, 0.1) is 0 Å². The molecular formula is C20H25N3O3. The van der Waals surface area contributed by atoms with Crippen molar-refractivity contribution in [1.82, 2.24) is 4.90 Å². The fraction of sp³-hybridized carbons (Fsp3) is 0.450. The van der Waals surface area contributed by atoms with Gasteiger partial charge in [0.25, 0.3) is 5.91 Å². The lowest BCUT2D eigenvalue weighted by Crippen LogP contribution is -2.40. The lowest BCUT2D eigenvalue weighted by atomic mass is 9.99. The van der Waals surface area contributed by atoms with E-state index >= 15 is 0 Å². The van der Waals surface area contributed by atoms with E-state index in [1.807, 2.05) is 49.3 Å². The smallest absolute Gasteiger partial charge is 0.349 e. The van der Waals surface area contributed by atoms with Gasteiger partial charge in [-0.1, -0.05) is 19.1 Å². The summed E-state index contributed by atoms with van der Waals surface area (Å²) in [7, 11) is 3.87. The summed E-state index contributed by atoms with van der Waals surface area (Å²) in [6.07, 6.45) is 3.40. The highest BCUT2D eigenvalue weighted by Gasteiger charge is 2.22. The lowest BCUT2D eigenvalue weighted by Gasteiger charge is -2.30. The Kier molecular flexibility index (Phi) is 6.79. The Balaban J connectivity index is 1.93. The highest BCUT2D eigenvalue weighted by molar-refractivity contribution is 5.98. The number of likely N-dealkylation sites (tertiary alicyclic amines) is 1. The number of anilines is 1. The van der Waals surface area contributed by atoms with Gasteiger partial charge < -0.3 is 14.5 Å². The predicted octanol–water partition coefficient (Wildman–Crippen LogP) is 2.46. The predicted molar refractivity (Wildman–Crippen MR) is 100 cm³/mol.